The molecule has 0 unspecified atom stereocenters. The zero-order valence-corrected chi connectivity index (χ0v) is 20.4. The van der Waals surface area contributed by atoms with Gasteiger partial charge in [0.2, 0.25) is 0 Å². The van der Waals surface area contributed by atoms with E-state index in [0.29, 0.717) is 32.6 Å². The van der Waals surface area contributed by atoms with Crippen molar-refractivity contribution in [3.63, 3.8) is 0 Å². The quantitative estimate of drug-likeness (QED) is 0.488. The maximum Gasteiger partial charge on any atom is 0.161 e. The number of piperidine rings is 1. The largest absolute Gasteiger partial charge is 0.493 e. The molecular weight excluding hydrogens is 430 g/mol. The number of methoxy groups -OCH3 is 1. The molecule has 1 aliphatic heterocycles. The van der Waals surface area contributed by atoms with Crippen LogP contribution < -0.4 is 14.2 Å². The Balaban J connectivity index is 1.26. The summed E-state index contributed by atoms with van der Waals surface area (Å²) in [6, 6.07) is 14.1. The highest BCUT2D eigenvalue weighted by molar-refractivity contribution is 5.43. The normalized spacial score (nSPS) is 15.8. The molecule has 3 aromatic rings. The third-order valence-corrected chi connectivity index (χ3v) is 6.38. The Labute approximate surface area is 201 Å². The molecule has 1 N–H and O–H groups in total. The molecule has 1 aromatic heterocycles. The van der Waals surface area contributed by atoms with Crippen molar-refractivity contribution in [3.05, 3.63) is 71.5 Å². The number of hydrogen-bond donors (Lipinski definition) is 1. The second kappa shape index (κ2) is 10.9. The summed E-state index contributed by atoms with van der Waals surface area (Å²) in [6.45, 7) is 8.07. The molecule has 0 saturated carbocycles. The van der Waals surface area contributed by atoms with E-state index in [2.05, 4.69) is 29.1 Å². The predicted octanol–water partition coefficient (Wildman–Crippen LogP) is 3.99. The highest BCUT2D eigenvalue weighted by atomic mass is 16.5. The molecule has 0 aliphatic carbocycles. The van der Waals surface area contributed by atoms with Crippen LogP contribution in [-0.2, 0) is 13.1 Å². The number of nitrogens with zero attached hydrogens (tertiary/aromatic N) is 3. The number of hydrogen-bond acceptors (Lipinski definition) is 6. The first kappa shape index (κ1) is 24.1. The first-order chi connectivity index (χ1) is 16.4. The highest BCUT2D eigenvalue weighted by Gasteiger charge is 2.33. The fourth-order valence-electron chi connectivity index (χ4n) is 4.31. The molecule has 1 fully saturated rings. The van der Waals surface area contributed by atoms with E-state index in [1.165, 1.54) is 5.56 Å². The number of benzene rings is 2. The van der Waals surface area contributed by atoms with E-state index in [9.17, 15) is 5.11 Å². The minimum Gasteiger partial charge on any atom is -0.493 e. The summed E-state index contributed by atoms with van der Waals surface area (Å²) in [5, 5.41) is 15.2. The first-order valence-corrected chi connectivity index (χ1v) is 11.9. The Bertz CT molecular complexity index is 1060. The summed E-state index contributed by atoms with van der Waals surface area (Å²) in [7, 11) is 1.66. The molecule has 0 amide bonds. The predicted molar refractivity (Wildman–Crippen MR) is 132 cm³/mol. The molecular formula is C27H35N3O4. The minimum atomic E-state index is -0.794. The van der Waals surface area contributed by atoms with Crippen molar-refractivity contribution in [2.75, 3.05) is 33.4 Å². The summed E-state index contributed by atoms with van der Waals surface area (Å²) >= 11 is 0. The van der Waals surface area contributed by atoms with Crippen LogP contribution >= 0.6 is 0 Å². The molecule has 7 heteroatoms. The van der Waals surface area contributed by atoms with Gasteiger partial charge in [0.05, 0.1) is 13.7 Å². The Morgan fingerprint density at radius 3 is 2.50 bits per heavy atom. The zero-order valence-electron chi connectivity index (χ0n) is 20.4. The molecule has 2 aromatic carbocycles. The SMILES string of the molecule is COc1cc(CN2CCC(O)(COc3ccc(C)cc3C)CC2)ccc1OCCn1cccn1. The molecule has 0 radical (unpaired) electrons. The fraction of sp³-hybridized carbons (Fsp3) is 0.444. The van der Waals surface area contributed by atoms with Crippen LogP contribution in [0.5, 0.6) is 17.2 Å². The average Bonchev–Trinajstić information content (AvgIpc) is 3.34. The standard InChI is InChI=1S/C27H35N3O4/c1-21-5-7-24(22(2)17-21)34-20-27(31)9-13-29(14-10-27)19-23-6-8-25(26(18-23)32-3)33-16-15-30-12-4-11-28-30/h4-8,11-12,17-18,31H,9-10,13-16,19-20H2,1-3H3. The fourth-order valence-corrected chi connectivity index (χ4v) is 4.31. The van der Waals surface area contributed by atoms with E-state index in [4.69, 9.17) is 14.2 Å². The monoisotopic (exact) mass is 465 g/mol. The van der Waals surface area contributed by atoms with Gasteiger partial charge < -0.3 is 19.3 Å². The van der Waals surface area contributed by atoms with Gasteiger partial charge >= 0.3 is 0 Å². The molecule has 2 heterocycles. The lowest BCUT2D eigenvalue weighted by molar-refractivity contribution is -0.0538. The van der Waals surface area contributed by atoms with Gasteiger partial charge in [-0.25, -0.2) is 0 Å². The van der Waals surface area contributed by atoms with Crippen molar-refractivity contribution in [1.82, 2.24) is 14.7 Å². The van der Waals surface area contributed by atoms with E-state index < -0.39 is 5.60 Å². The average molecular weight is 466 g/mol. The molecule has 1 aliphatic rings. The van der Waals surface area contributed by atoms with Gasteiger partial charge in [-0.3, -0.25) is 9.58 Å². The molecule has 34 heavy (non-hydrogen) atoms. The van der Waals surface area contributed by atoms with Crippen molar-refractivity contribution in [2.45, 2.75) is 45.4 Å². The van der Waals surface area contributed by atoms with Gasteiger partial charge in [0, 0.05) is 32.0 Å². The van der Waals surface area contributed by atoms with E-state index in [1.54, 1.807) is 13.3 Å². The van der Waals surface area contributed by atoms with Crippen LogP contribution in [-0.4, -0.2) is 58.8 Å². The molecule has 0 bridgehead atoms. The molecule has 182 valence electrons. The lowest BCUT2D eigenvalue weighted by atomic mass is 9.92. The minimum absolute atomic E-state index is 0.323. The number of aromatic nitrogens is 2. The van der Waals surface area contributed by atoms with Crippen molar-refractivity contribution >= 4 is 0 Å². The number of ether oxygens (including phenoxy) is 3. The Kier molecular flexibility index (Phi) is 7.75. The van der Waals surface area contributed by atoms with Crippen molar-refractivity contribution in [1.29, 1.82) is 0 Å². The second-order valence-corrected chi connectivity index (χ2v) is 9.16. The van der Waals surface area contributed by atoms with Gasteiger partial charge in [-0.05, 0) is 62.1 Å². The third kappa shape index (κ3) is 6.30. The van der Waals surface area contributed by atoms with Crippen LogP contribution in [0, 0.1) is 13.8 Å². The van der Waals surface area contributed by atoms with E-state index >= 15 is 0 Å². The first-order valence-electron chi connectivity index (χ1n) is 11.9. The van der Waals surface area contributed by atoms with Crippen molar-refractivity contribution < 1.29 is 19.3 Å². The van der Waals surface area contributed by atoms with Crippen LogP contribution in [0.4, 0.5) is 0 Å². The van der Waals surface area contributed by atoms with Crippen LogP contribution in [0.1, 0.15) is 29.5 Å². The maximum absolute atomic E-state index is 11.0. The van der Waals surface area contributed by atoms with E-state index in [0.717, 1.165) is 48.0 Å². The van der Waals surface area contributed by atoms with E-state index in [-0.39, 0.29) is 0 Å². The highest BCUT2D eigenvalue weighted by Crippen LogP contribution is 2.30. The van der Waals surface area contributed by atoms with Gasteiger partial charge in [-0.1, -0.05) is 23.8 Å². The number of aryl methyl sites for hydroxylation is 2. The Hall–Kier alpha value is -3.03. The summed E-state index contributed by atoms with van der Waals surface area (Å²) in [5.41, 5.74) is 2.68. The van der Waals surface area contributed by atoms with Gasteiger partial charge in [-0.15, -0.1) is 0 Å². The van der Waals surface area contributed by atoms with E-state index in [1.807, 2.05) is 48.1 Å². The maximum atomic E-state index is 11.0. The van der Waals surface area contributed by atoms with Crippen LogP contribution in [0.3, 0.4) is 0 Å². The van der Waals surface area contributed by atoms with Crippen LogP contribution in [0.15, 0.2) is 54.9 Å². The number of likely N-dealkylation sites (tertiary alicyclic amines) is 1. The zero-order chi connectivity index (χ0) is 24.0. The van der Waals surface area contributed by atoms with Crippen molar-refractivity contribution in [2.24, 2.45) is 0 Å². The third-order valence-electron chi connectivity index (χ3n) is 6.38. The summed E-state index contributed by atoms with van der Waals surface area (Å²) in [4.78, 5) is 2.36. The van der Waals surface area contributed by atoms with Crippen LogP contribution in [0.2, 0.25) is 0 Å². The van der Waals surface area contributed by atoms with Gasteiger partial charge in [-0.2, -0.15) is 5.10 Å². The molecule has 0 spiro atoms. The molecule has 1 saturated heterocycles. The van der Waals surface area contributed by atoms with Gasteiger partial charge in [0.15, 0.2) is 11.5 Å². The second-order valence-electron chi connectivity index (χ2n) is 9.16. The summed E-state index contributed by atoms with van der Waals surface area (Å²) in [5.74, 6) is 2.31. The lowest BCUT2D eigenvalue weighted by Gasteiger charge is -2.38. The lowest BCUT2D eigenvalue weighted by Crippen LogP contribution is -2.47. The smallest absolute Gasteiger partial charge is 0.161 e. The number of rotatable bonds is 10. The summed E-state index contributed by atoms with van der Waals surface area (Å²) < 4.78 is 19.3. The molecule has 0 atom stereocenters. The van der Waals surface area contributed by atoms with Gasteiger partial charge in [0.25, 0.3) is 0 Å². The number of aliphatic hydroxyl groups is 1. The Morgan fingerprint density at radius 2 is 1.79 bits per heavy atom. The Morgan fingerprint density at radius 1 is 1.00 bits per heavy atom. The molecule has 4 rings (SSSR count). The van der Waals surface area contributed by atoms with Crippen molar-refractivity contribution in [3.8, 4) is 17.2 Å². The van der Waals surface area contributed by atoms with Gasteiger partial charge in [0.1, 0.15) is 24.6 Å². The van der Waals surface area contributed by atoms with Crippen LogP contribution in [0.25, 0.3) is 0 Å². The molecule has 7 nitrogen and oxygen atoms in total. The summed E-state index contributed by atoms with van der Waals surface area (Å²) in [6.07, 6.45) is 5.04. The topological polar surface area (TPSA) is 69.0 Å².